The van der Waals surface area contributed by atoms with Crippen LogP contribution in [0.4, 0.5) is 13.2 Å². The SMILES string of the molecule is C/C=C/O.CCC(C)C.CCC(CCOC)c1nc2c(c3c1C(c1ccc(C(F)(F)F)c(C#N)c1)OC3)C(O)CC(C)(C)C2. The third kappa shape index (κ3) is 9.29. The number of hydrogen-bond acceptors (Lipinski definition) is 6. The molecule has 0 amide bonds. The van der Waals surface area contributed by atoms with E-state index in [2.05, 4.69) is 41.5 Å². The van der Waals surface area contributed by atoms with Gasteiger partial charge in [-0.15, -0.1) is 0 Å². The zero-order chi connectivity index (χ0) is 33.2. The van der Waals surface area contributed by atoms with Crippen LogP contribution in [-0.2, 0) is 28.7 Å². The standard InChI is InChI=1S/C27H31F3N2O3.C5H12.C3H6O/c1-5-15(8-9-34-4)24-23-18(22-20(32-24)11-26(2,3)12-21(22)33)14-35-25(23)16-6-7-19(27(28,29)30)17(10-16)13-31;1-4-5(2)3;1-2-3-4/h6-7,10,15,21,25,33H,5,8-9,11-12,14H2,1-4H3;5H,4H2,1-3H3;2-4H,1H3/b;;3-2+. The summed E-state index contributed by atoms with van der Waals surface area (Å²) >= 11 is 0. The van der Waals surface area contributed by atoms with Crippen molar-refractivity contribution in [2.75, 3.05) is 13.7 Å². The fourth-order valence-electron chi connectivity index (χ4n) is 5.55. The molecule has 1 aromatic carbocycles. The number of fused-ring (bicyclic) bond motifs is 3. The van der Waals surface area contributed by atoms with E-state index < -0.39 is 29.5 Å². The first kappa shape index (κ1) is 37.3. The van der Waals surface area contributed by atoms with Gasteiger partial charge in [0.15, 0.2) is 0 Å². The highest BCUT2D eigenvalue weighted by molar-refractivity contribution is 5.52. The predicted octanol–water partition coefficient (Wildman–Crippen LogP) is 9.26. The molecular formula is C35H49F3N2O4. The van der Waals surface area contributed by atoms with Crippen molar-refractivity contribution in [2.24, 2.45) is 11.3 Å². The molecule has 0 radical (unpaired) electrons. The van der Waals surface area contributed by atoms with Gasteiger partial charge < -0.3 is 19.7 Å². The second kappa shape index (κ2) is 16.4. The molecule has 3 unspecified atom stereocenters. The Balaban J connectivity index is 0.000000660. The normalized spacial score (nSPS) is 19.3. The van der Waals surface area contributed by atoms with Gasteiger partial charge in [-0.25, -0.2) is 0 Å². The molecule has 0 saturated heterocycles. The maximum absolute atomic E-state index is 13.4. The molecule has 1 aromatic heterocycles. The number of aliphatic hydroxyl groups excluding tert-OH is 2. The maximum atomic E-state index is 13.4. The summed E-state index contributed by atoms with van der Waals surface area (Å²) in [5.41, 5.74) is 3.18. The average molecular weight is 619 g/mol. The van der Waals surface area contributed by atoms with E-state index in [0.717, 1.165) is 65.6 Å². The molecule has 3 atom stereocenters. The first-order chi connectivity index (χ1) is 20.7. The van der Waals surface area contributed by atoms with Crippen LogP contribution in [0.25, 0.3) is 0 Å². The van der Waals surface area contributed by atoms with Gasteiger partial charge in [-0.05, 0) is 67.2 Å². The van der Waals surface area contributed by atoms with E-state index in [4.69, 9.17) is 19.6 Å². The Morgan fingerprint density at radius 2 is 1.84 bits per heavy atom. The Morgan fingerprint density at radius 1 is 1.20 bits per heavy atom. The Bertz CT molecular complexity index is 1290. The number of allylic oxidation sites excluding steroid dienone is 1. The van der Waals surface area contributed by atoms with Crippen LogP contribution in [0.15, 0.2) is 30.5 Å². The number of methoxy groups -OCH3 is 1. The van der Waals surface area contributed by atoms with Gasteiger partial charge in [0, 0.05) is 36.5 Å². The van der Waals surface area contributed by atoms with Gasteiger partial charge in [-0.2, -0.15) is 18.4 Å². The minimum absolute atomic E-state index is 0.0604. The molecule has 6 nitrogen and oxygen atoms in total. The average Bonchev–Trinajstić information content (AvgIpc) is 3.41. The number of ether oxygens (including phenoxy) is 2. The fraction of sp³-hybridized carbons (Fsp3) is 0.600. The molecule has 244 valence electrons. The predicted molar refractivity (Wildman–Crippen MR) is 166 cm³/mol. The molecule has 1 aliphatic heterocycles. The van der Waals surface area contributed by atoms with Crippen LogP contribution in [0.5, 0.6) is 0 Å². The Labute approximate surface area is 260 Å². The fourth-order valence-corrected chi connectivity index (χ4v) is 5.55. The number of nitriles is 1. The summed E-state index contributed by atoms with van der Waals surface area (Å²) in [4.78, 5) is 5.09. The number of hydrogen-bond donors (Lipinski definition) is 2. The van der Waals surface area contributed by atoms with Crippen molar-refractivity contribution >= 4 is 0 Å². The van der Waals surface area contributed by atoms with Crippen LogP contribution in [0.3, 0.4) is 0 Å². The summed E-state index contributed by atoms with van der Waals surface area (Å²) in [5.74, 6) is 0.945. The highest BCUT2D eigenvalue weighted by Gasteiger charge is 2.41. The monoisotopic (exact) mass is 618 g/mol. The van der Waals surface area contributed by atoms with Crippen molar-refractivity contribution in [2.45, 2.75) is 111 Å². The first-order valence-corrected chi connectivity index (χ1v) is 15.4. The summed E-state index contributed by atoms with van der Waals surface area (Å²) in [7, 11) is 1.65. The van der Waals surface area contributed by atoms with Crippen molar-refractivity contribution in [3.63, 3.8) is 0 Å². The summed E-state index contributed by atoms with van der Waals surface area (Å²) < 4.78 is 51.6. The van der Waals surface area contributed by atoms with Crippen LogP contribution >= 0.6 is 0 Å². The molecule has 1 aliphatic carbocycles. The van der Waals surface area contributed by atoms with E-state index in [1.54, 1.807) is 26.2 Å². The van der Waals surface area contributed by atoms with Gasteiger partial charge in [0.25, 0.3) is 0 Å². The van der Waals surface area contributed by atoms with Crippen LogP contribution < -0.4 is 0 Å². The van der Waals surface area contributed by atoms with Crippen molar-refractivity contribution < 1.29 is 32.9 Å². The number of pyridine rings is 1. The van der Waals surface area contributed by atoms with E-state index in [-0.39, 0.29) is 17.9 Å². The molecular weight excluding hydrogens is 569 g/mol. The zero-order valence-corrected chi connectivity index (χ0v) is 27.4. The lowest BCUT2D eigenvalue weighted by Crippen LogP contribution is -2.29. The van der Waals surface area contributed by atoms with Gasteiger partial charge in [0.1, 0.15) is 6.10 Å². The third-order valence-electron chi connectivity index (χ3n) is 8.16. The molecule has 0 spiro atoms. The Kier molecular flexibility index (Phi) is 13.9. The second-order valence-electron chi connectivity index (χ2n) is 12.6. The largest absolute Gasteiger partial charge is 0.516 e. The summed E-state index contributed by atoms with van der Waals surface area (Å²) in [5, 5.41) is 28.2. The van der Waals surface area contributed by atoms with Crippen LogP contribution in [0, 0.1) is 22.7 Å². The molecule has 0 fully saturated rings. The minimum atomic E-state index is -4.62. The molecule has 0 bridgehead atoms. The second-order valence-corrected chi connectivity index (χ2v) is 12.6. The van der Waals surface area contributed by atoms with Crippen molar-refractivity contribution in [3.05, 3.63) is 75.3 Å². The van der Waals surface area contributed by atoms with Crippen LogP contribution in [0.2, 0.25) is 0 Å². The first-order valence-electron chi connectivity index (χ1n) is 15.4. The number of aliphatic hydroxyl groups is 2. The Hall–Kier alpha value is -2.93. The number of nitrogens with zero attached hydrogens (tertiary/aromatic N) is 2. The van der Waals surface area contributed by atoms with Crippen LogP contribution in [0.1, 0.15) is 137 Å². The quantitative estimate of drug-likeness (QED) is 0.300. The third-order valence-corrected chi connectivity index (χ3v) is 8.16. The molecule has 0 saturated carbocycles. The lowest BCUT2D eigenvalue weighted by Gasteiger charge is -2.36. The number of rotatable bonds is 7. The van der Waals surface area contributed by atoms with E-state index >= 15 is 0 Å². The molecule has 4 rings (SSSR count). The Morgan fingerprint density at radius 3 is 2.34 bits per heavy atom. The van der Waals surface area contributed by atoms with Gasteiger partial charge in [-0.1, -0.05) is 60.1 Å². The highest BCUT2D eigenvalue weighted by atomic mass is 19.4. The van der Waals surface area contributed by atoms with E-state index in [1.165, 1.54) is 18.6 Å². The van der Waals surface area contributed by atoms with Gasteiger partial charge >= 0.3 is 6.18 Å². The highest BCUT2D eigenvalue weighted by Crippen LogP contribution is 2.49. The number of alkyl halides is 3. The molecule has 2 aliphatic rings. The number of aromatic nitrogens is 1. The van der Waals surface area contributed by atoms with E-state index in [1.807, 2.05) is 0 Å². The molecule has 44 heavy (non-hydrogen) atoms. The smallest absolute Gasteiger partial charge is 0.417 e. The van der Waals surface area contributed by atoms with E-state index in [9.17, 15) is 23.5 Å². The van der Waals surface area contributed by atoms with Gasteiger partial charge in [0.05, 0.1) is 41.9 Å². The molecule has 2 N–H and O–H groups in total. The van der Waals surface area contributed by atoms with Gasteiger partial charge in [-0.3, -0.25) is 4.98 Å². The number of benzene rings is 1. The van der Waals surface area contributed by atoms with Gasteiger partial charge in [0.2, 0.25) is 0 Å². The zero-order valence-electron chi connectivity index (χ0n) is 27.4. The summed E-state index contributed by atoms with van der Waals surface area (Å²) in [6, 6.07) is 5.27. The van der Waals surface area contributed by atoms with Crippen LogP contribution in [-0.4, -0.2) is 28.9 Å². The topological polar surface area (TPSA) is 95.6 Å². The lowest BCUT2D eigenvalue weighted by atomic mass is 9.72. The summed E-state index contributed by atoms with van der Waals surface area (Å²) in [6.07, 6.45) is 0.756. The summed E-state index contributed by atoms with van der Waals surface area (Å²) in [6.45, 7) is 15.5. The maximum Gasteiger partial charge on any atom is 0.417 e. The molecule has 2 aromatic rings. The van der Waals surface area contributed by atoms with Crippen molar-refractivity contribution in [3.8, 4) is 6.07 Å². The molecule has 2 heterocycles. The molecule has 9 heteroatoms. The van der Waals surface area contributed by atoms with Crippen molar-refractivity contribution in [1.29, 1.82) is 5.26 Å². The lowest BCUT2D eigenvalue weighted by molar-refractivity contribution is -0.137. The minimum Gasteiger partial charge on any atom is -0.516 e. The van der Waals surface area contributed by atoms with Crippen molar-refractivity contribution in [1.82, 2.24) is 4.98 Å². The number of halogens is 3. The van der Waals surface area contributed by atoms with E-state index in [0.29, 0.717) is 18.6 Å².